The van der Waals surface area contributed by atoms with E-state index in [1.165, 1.54) is 37.8 Å². The lowest BCUT2D eigenvalue weighted by molar-refractivity contribution is -0.155. The van der Waals surface area contributed by atoms with Gasteiger partial charge in [0, 0.05) is 59.2 Å². The van der Waals surface area contributed by atoms with Gasteiger partial charge in [0.15, 0.2) is 24.4 Å². The summed E-state index contributed by atoms with van der Waals surface area (Å²) in [6.07, 6.45) is -9.28. The molecule has 0 spiro atoms. The van der Waals surface area contributed by atoms with Gasteiger partial charge in [-0.2, -0.15) is 0 Å². The summed E-state index contributed by atoms with van der Waals surface area (Å²) in [6, 6.07) is 11.3. The molecule has 1 aliphatic carbocycles. The van der Waals surface area contributed by atoms with Crippen LogP contribution in [0.5, 0.6) is 0 Å². The first-order chi connectivity index (χ1) is 49.4. The van der Waals surface area contributed by atoms with E-state index in [1.54, 1.807) is 41.5 Å². The first-order valence-electron chi connectivity index (χ1n) is 33.6. The van der Waals surface area contributed by atoms with E-state index in [0.717, 1.165) is 36.5 Å². The normalized spacial score (nSPS) is 21.0. The summed E-state index contributed by atoms with van der Waals surface area (Å²) in [5.74, 6) is -5.29. The number of methoxy groups -OCH3 is 2. The van der Waals surface area contributed by atoms with Crippen molar-refractivity contribution in [2.24, 2.45) is 4.99 Å². The highest BCUT2D eigenvalue weighted by Crippen LogP contribution is 2.45. The summed E-state index contributed by atoms with van der Waals surface area (Å²) >= 11 is 0. The van der Waals surface area contributed by atoms with E-state index in [-0.39, 0.29) is 102 Å². The third-order valence-corrected chi connectivity index (χ3v) is 15.8. The molecule has 5 aliphatic rings. The third-order valence-electron chi connectivity index (χ3n) is 15.8. The fourth-order valence-electron chi connectivity index (χ4n) is 11.5. The topological polar surface area (TPSA) is 426 Å². The van der Waals surface area contributed by atoms with Crippen molar-refractivity contribution in [3.8, 4) is 11.1 Å². The number of amides is 7. The number of esters is 2. The minimum absolute atomic E-state index is 0.0252. The molecule has 2 fully saturated rings. The number of hydrogen-bond donors (Lipinski definition) is 7. The second-order valence-electron chi connectivity index (χ2n) is 26.2. The minimum Gasteiger partial charge on any atom is -0.478 e. The molecule has 35 heteroatoms. The molecule has 0 radical (unpaired) electrons. The van der Waals surface area contributed by atoms with Crippen LogP contribution in [0, 0.1) is 0 Å². The van der Waals surface area contributed by atoms with Crippen LogP contribution in [0.4, 0.5) is 24.0 Å². The van der Waals surface area contributed by atoms with Gasteiger partial charge in [0.2, 0.25) is 35.1 Å². The van der Waals surface area contributed by atoms with Crippen molar-refractivity contribution in [1.82, 2.24) is 42.1 Å². The number of benzene rings is 2. The molecular formula is C69H93N9O26. The van der Waals surface area contributed by atoms with E-state index in [0.29, 0.717) is 12.8 Å². The lowest BCUT2D eigenvalue weighted by atomic mass is 9.91. The van der Waals surface area contributed by atoms with Crippen LogP contribution in [0.25, 0.3) is 11.1 Å². The molecule has 10 atom stereocenters. The third kappa shape index (κ3) is 24.7. The molecule has 4 aliphatic heterocycles. The van der Waals surface area contributed by atoms with Crippen LogP contribution in [0.3, 0.4) is 0 Å². The number of aliphatic imine (C=N–C) groups is 1. The molecule has 104 heavy (non-hydrogen) atoms. The summed E-state index contributed by atoms with van der Waals surface area (Å²) < 4.78 is 83.6. The zero-order valence-electron chi connectivity index (χ0n) is 59.9. The van der Waals surface area contributed by atoms with Gasteiger partial charge in [0.1, 0.15) is 68.1 Å². The average Bonchev–Trinajstić information content (AvgIpc) is 0.938. The molecule has 0 unspecified atom stereocenters. The van der Waals surface area contributed by atoms with Crippen LogP contribution in [0.1, 0.15) is 92.2 Å². The molecule has 7 N–H and O–H groups in total. The van der Waals surface area contributed by atoms with Crippen LogP contribution in [-0.2, 0) is 99.8 Å². The monoisotopic (exact) mass is 1460 g/mol. The van der Waals surface area contributed by atoms with Crippen molar-refractivity contribution in [3.05, 3.63) is 95.7 Å². The SMILES string of the molecule is C=C(NC(=O)OC(C)(C)C)N[C@H]1C=C(C(=O)OC)O[C@@H]([C@H](OCC(=O)NCCCOCCN(CCOCCCNC(=O)CO[C@@H]([C@@H]2OC(C(=O)OC)=C[C@H](N=C(C)NC(=O)OC(C)(C)C)[C@H]2NC(C)=O)[C@H]2COC(=O)O2)C(=O)OCC2c3ccccc3-c3ccccc32)[C@H]2COC(=O)O2)[C@@H]1NC(C)=O. The minimum atomic E-state index is -1.39. The molecule has 4 heterocycles. The number of ether oxygens (including phenoxy) is 15. The Morgan fingerprint density at radius 2 is 1.07 bits per heavy atom. The van der Waals surface area contributed by atoms with Crippen molar-refractivity contribution in [2.75, 3.05) is 99.9 Å². The van der Waals surface area contributed by atoms with Crippen LogP contribution in [0.2, 0.25) is 0 Å². The Kier molecular flexibility index (Phi) is 29.9. The Morgan fingerprint density at radius 3 is 1.53 bits per heavy atom. The quantitative estimate of drug-likeness (QED) is 0.0174. The lowest BCUT2D eigenvalue weighted by Gasteiger charge is -2.41. The number of carbonyl (C=O) groups is 11. The highest BCUT2D eigenvalue weighted by atomic mass is 16.8. The van der Waals surface area contributed by atoms with Gasteiger partial charge in [0.25, 0.3) is 0 Å². The Morgan fingerprint density at radius 1 is 0.606 bits per heavy atom. The zero-order chi connectivity index (χ0) is 75.8. The Labute approximate surface area is 600 Å². The average molecular weight is 1460 g/mol. The largest absolute Gasteiger partial charge is 0.508 e. The number of carbonyl (C=O) groups excluding carboxylic acids is 11. The van der Waals surface area contributed by atoms with E-state index in [2.05, 4.69) is 48.8 Å². The highest BCUT2D eigenvalue weighted by Gasteiger charge is 2.51. The van der Waals surface area contributed by atoms with Gasteiger partial charge in [-0.25, -0.2) is 33.6 Å². The van der Waals surface area contributed by atoms with Crippen LogP contribution >= 0.6 is 0 Å². The maximum absolute atomic E-state index is 14.0. The van der Waals surface area contributed by atoms with E-state index < -0.39 is 151 Å². The molecular weight excluding hydrogens is 1370 g/mol. The maximum atomic E-state index is 14.0. The highest BCUT2D eigenvalue weighted by molar-refractivity contribution is 5.94. The van der Waals surface area contributed by atoms with E-state index >= 15 is 0 Å². The molecule has 2 saturated heterocycles. The van der Waals surface area contributed by atoms with Gasteiger partial charge in [-0.05, 0) is 95.7 Å². The smallest absolute Gasteiger partial charge is 0.478 e. The summed E-state index contributed by atoms with van der Waals surface area (Å²) in [7, 11) is 2.22. The number of cyclic esters (lactones) is 4. The summed E-state index contributed by atoms with van der Waals surface area (Å²) in [5, 5.41) is 18.8. The molecule has 0 aromatic heterocycles. The Balaban J connectivity index is 0.920. The lowest BCUT2D eigenvalue weighted by Crippen LogP contribution is -2.64. The van der Waals surface area contributed by atoms with Crippen LogP contribution in [-0.4, -0.2) is 249 Å². The van der Waals surface area contributed by atoms with Gasteiger partial charge < -0.3 is 103 Å². The van der Waals surface area contributed by atoms with Gasteiger partial charge in [0.05, 0.1) is 51.6 Å². The molecule has 7 rings (SSSR count). The number of hydrogen-bond acceptors (Lipinski definition) is 28. The first-order valence-corrected chi connectivity index (χ1v) is 33.6. The Bertz CT molecular complexity index is 3470. The standard InChI is InChI=1S/C69H93N9O26/c1-38(74-63(85)103-68(5,6)7)72-47-31-49(61(83)90-11)99-59(55(47)76-40(3)79)57(51-34-97-66(88)101-51)94-36-53(81)70-23-17-27-92-29-25-78(65(87)96-33-46-44-21-15-13-19-42(44)43-20-14-16-22-45(43)46)26-30-93-28-18-24-71-54(82)37-95-58(52-35-98-67(89)102-52)60-56(77-41(4)80)48(32-50(100-60)62(84)91-12)73-39(2)75-64(86)104-69(8,9)10/h13-16,19-22,31-32,46-48,51-52,55-60,72H,1,17-18,23-30,33-37H2,2-12H3,(H,70,81)(H,71,82)(H,74,85)(H,76,79)(H,77,80)(H,73,75,86)/t47-,48-,51+,52+,55+,56+,57+,58+,59+,60+/m0/s1. The zero-order valence-corrected chi connectivity index (χ0v) is 59.9. The van der Waals surface area contributed by atoms with Crippen molar-refractivity contribution < 1.29 is 124 Å². The van der Waals surface area contributed by atoms with E-state index in [1.807, 2.05) is 48.5 Å². The van der Waals surface area contributed by atoms with Gasteiger partial charge in [-0.1, -0.05) is 55.1 Å². The maximum Gasteiger partial charge on any atom is 0.508 e. The van der Waals surface area contributed by atoms with Crippen LogP contribution in [0.15, 0.2) is 89.6 Å². The number of alkyl carbamates (subject to hydrolysis) is 2. The predicted octanol–water partition coefficient (Wildman–Crippen LogP) is 3.31. The number of rotatable bonds is 34. The summed E-state index contributed by atoms with van der Waals surface area (Å²) in [5.41, 5.74) is 2.41. The summed E-state index contributed by atoms with van der Waals surface area (Å²) in [4.78, 5) is 148. The molecule has 7 amide bonds. The molecule has 2 aromatic rings. The van der Waals surface area contributed by atoms with Crippen LogP contribution < -0.4 is 37.2 Å². The first kappa shape index (κ1) is 81.0. The molecule has 0 saturated carbocycles. The number of amidine groups is 1. The van der Waals surface area contributed by atoms with Crippen molar-refractivity contribution in [1.29, 1.82) is 0 Å². The number of nitrogens with one attached hydrogen (secondary N) is 7. The number of fused-ring (bicyclic) bond motifs is 3. The van der Waals surface area contributed by atoms with E-state index in [4.69, 9.17) is 71.1 Å². The second kappa shape index (κ2) is 38.3. The van der Waals surface area contributed by atoms with Crippen molar-refractivity contribution in [3.63, 3.8) is 0 Å². The second-order valence-corrected chi connectivity index (χ2v) is 26.2. The molecule has 35 nitrogen and oxygen atoms in total. The van der Waals surface area contributed by atoms with Gasteiger partial charge in [-0.15, -0.1) is 0 Å². The Hall–Kier alpha value is -10.3. The fourth-order valence-corrected chi connectivity index (χ4v) is 11.5. The van der Waals surface area contributed by atoms with E-state index in [9.17, 15) is 52.7 Å². The number of nitrogens with zero attached hydrogens (tertiary/aromatic N) is 2. The molecule has 2 aromatic carbocycles. The molecule has 0 bridgehead atoms. The fraction of sp³-hybridized carbons (Fsp3) is 0.565. The van der Waals surface area contributed by atoms with Crippen molar-refractivity contribution >= 4 is 72.0 Å². The van der Waals surface area contributed by atoms with Crippen molar-refractivity contribution in [2.45, 2.75) is 153 Å². The van der Waals surface area contributed by atoms with Gasteiger partial charge >= 0.3 is 42.5 Å². The summed E-state index contributed by atoms with van der Waals surface area (Å²) in [6.45, 7) is 16.4. The predicted molar refractivity (Wildman–Crippen MR) is 362 cm³/mol. The van der Waals surface area contributed by atoms with Gasteiger partial charge in [-0.3, -0.25) is 34.8 Å². The molecule has 570 valence electrons.